The summed E-state index contributed by atoms with van der Waals surface area (Å²) in [5.41, 5.74) is 1.66. The van der Waals surface area contributed by atoms with E-state index in [1.165, 1.54) is 0 Å². The molecule has 6 rings (SSSR count). The first-order valence-electron chi connectivity index (χ1n) is 12.2. The first kappa shape index (κ1) is 22.6. The van der Waals surface area contributed by atoms with Crippen LogP contribution in [0.3, 0.4) is 0 Å². The van der Waals surface area contributed by atoms with Gasteiger partial charge in [-0.1, -0.05) is 84.9 Å². The van der Waals surface area contributed by atoms with Crippen LogP contribution in [0.1, 0.15) is 27.4 Å². The van der Waals surface area contributed by atoms with E-state index in [1.807, 2.05) is 83.8 Å². The zero-order valence-corrected chi connectivity index (χ0v) is 20.2. The molecule has 0 radical (unpaired) electrons. The first-order chi connectivity index (χ1) is 18.1. The number of anilines is 1. The SMILES string of the molecule is COc1ccc([C@H]2[C@H](C(=O)c3ccccc3)N3c4ccc5ccccc5c4C=C[C@H]3C2(C#N)C#N)cc1. The smallest absolute Gasteiger partial charge is 0.185 e. The Morgan fingerprint density at radius 1 is 0.892 bits per heavy atom. The second-order valence-corrected chi connectivity index (χ2v) is 9.45. The van der Waals surface area contributed by atoms with Crippen LogP contribution in [-0.4, -0.2) is 25.0 Å². The van der Waals surface area contributed by atoms with Crippen molar-refractivity contribution in [3.05, 3.63) is 114 Å². The lowest BCUT2D eigenvalue weighted by Gasteiger charge is -2.36. The predicted molar refractivity (Wildman–Crippen MR) is 143 cm³/mol. The highest BCUT2D eigenvalue weighted by atomic mass is 16.5. The third-order valence-corrected chi connectivity index (χ3v) is 7.72. The quantitative estimate of drug-likeness (QED) is 0.328. The number of ether oxygens (including phenoxy) is 1. The highest BCUT2D eigenvalue weighted by Gasteiger charge is 2.63. The molecule has 2 aliphatic heterocycles. The Morgan fingerprint density at radius 3 is 2.30 bits per heavy atom. The third-order valence-electron chi connectivity index (χ3n) is 7.72. The van der Waals surface area contributed by atoms with Crippen molar-refractivity contribution in [2.75, 3.05) is 12.0 Å². The molecule has 4 aromatic rings. The minimum atomic E-state index is -1.48. The summed E-state index contributed by atoms with van der Waals surface area (Å²) in [6.45, 7) is 0. The summed E-state index contributed by atoms with van der Waals surface area (Å²) < 4.78 is 5.34. The number of benzene rings is 4. The average Bonchev–Trinajstić information content (AvgIpc) is 3.28. The number of nitriles is 2. The van der Waals surface area contributed by atoms with E-state index in [0.29, 0.717) is 11.3 Å². The van der Waals surface area contributed by atoms with Gasteiger partial charge in [0.25, 0.3) is 0 Å². The molecular weight excluding hydrogens is 458 g/mol. The van der Waals surface area contributed by atoms with E-state index in [2.05, 4.69) is 24.3 Å². The summed E-state index contributed by atoms with van der Waals surface area (Å²) in [5.74, 6) is -0.136. The summed E-state index contributed by atoms with van der Waals surface area (Å²) in [4.78, 5) is 16.3. The van der Waals surface area contributed by atoms with E-state index in [4.69, 9.17) is 4.74 Å². The minimum absolute atomic E-state index is 0.117. The molecule has 0 N–H and O–H groups in total. The number of hydrogen-bond acceptors (Lipinski definition) is 5. The molecule has 4 aromatic carbocycles. The Kier molecular flexibility index (Phi) is 5.29. The normalized spacial score (nSPS) is 20.9. The Balaban J connectivity index is 1.63. The van der Waals surface area contributed by atoms with Crippen molar-refractivity contribution in [1.29, 1.82) is 10.5 Å². The molecule has 1 saturated heterocycles. The van der Waals surface area contributed by atoms with E-state index in [1.54, 1.807) is 19.2 Å². The van der Waals surface area contributed by atoms with Gasteiger partial charge in [-0.3, -0.25) is 4.79 Å². The maximum atomic E-state index is 14.3. The van der Waals surface area contributed by atoms with Gasteiger partial charge in [0.15, 0.2) is 11.2 Å². The standard InChI is InChI=1S/C32H23N3O2/c1-37-24-14-11-22(12-15-24)29-30(31(36)23-8-3-2-4-9-23)35-27-17-13-21-7-5-6-10-25(21)26(27)16-18-28(35)32(29,19-33)20-34/h2-18,28-30H,1H3/t28-,29-,30+/m0/s1. The summed E-state index contributed by atoms with van der Waals surface area (Å²) in [5, 5.41) is 23.4. The summed E-state index contributed by atoms with van der Waals surface area (Å²) in [7, 11) is 1.59. The summed E-state index contributed by atoms with van der Waals surface area (Å²) in [6.07, 6.45) is 3.93. The van der Waals surface area contributed by atoms with Gasteiger partial charge in [0.2, 0.25) is 0 Å². The number of carbonyl (C=O) groups excluding carboxylic acids is 1. The summed E-state index contributed by atoms with van der Waals surface area (Å²) >= 11 is 0. The Morgan fingerprint density at radius 2 is 1.59 bits per heavy atom. The minimum Gasteiger partial charge on any atom is -0.497 e. The number of nitrogens with zero attached hydrogens (tertiary/aromatic N) is 3. The highest BCUT2D eigenvalue weighted by Crippen LogP contribution is 2.56. The van der Waals surface area contributed by atoms with E-state index >= 15 is 0 Å². The fourth-order valence-corrected chi connectivity index (χ4v) is 6.01. The van der Waals surface area contributed by atoms with Crippen LogP contribution in [0, 0.1) is 28.1 Å². The van der Waals surface area contributed by atoms with Crippen molar-refractivity contribution >= 4 is 28.3 Å². The second-order valence-electron chi connectivity index (χ2n) is 9.45. The zero-order valence-electron chi connectivity index (χ0n) is 20.2. The molecule has 0 aromatic heterocycles. The van der Waals surface area contributed by atoms with Gasteiger partial charge in [-0.2, -0.15) is 10.5 Å². The molecule has 3 atom stereocenters. The zero-order chi connectivity index (χ0) is 25.6. The molecule has 0 saturated carbocycles. The number of methoxy groups -OCH3 is 1. The monoisotopic (exact) mass is 481 g/mol. The molecule has 37 heavy (non-hydrogen) atoms. The number of rotatable bonds is 4. The molecule has 2 heterocycles. The highest BCUT2D eigenvalue weighted by molar-refractivity contribution is 6.06. The van der Waals surface area contributed by atoms with Crippen molar-refractivity contribution in [2.45, 2.75) is 18.0 Å². The van der Waals surface area contributed by atoms with Gasteiger partial charge < -0.3 is 9.64 Å². The number of ketones is 1. The van der Waals surface area contributed by atoms with E-state index in [0.717, 1.165) is 27.6 Å². The molecule has 0 aliphatic carbocycles. The third kappa shape index (κ3) is 3.25. The lowest BCUT2D eigenvalue weighted by atomic mass is 9.69. The fourth-order valence-electron chi connectivity index (χ4n) is 6.01. The maximum Gasteiger partial charge on any atom is 0.185 e. The number of Topliss-reactive ketones (excluding diaryl/α,β-unsaturated/α-hetero) is 1. The molecule has 2 aliphatic rings. The Hall–Kier alpha value is -4.87. The average molecular weight is 482 g/mol. The topological polar surface area (TPSA) is 77.1 Å². The number of carbonyl (C=O) groups is 1. The molecule has 178 valence electrons. The van der Waals surface area contributed by atoms with E-state index in [-0.39, 0.29) is 5.78 Å². The van der Waals surface area contributed by atoms with Gasteiger partial charge in [-0.05, 0) is 34.5 Å². The van der Waals surface area contributed by atoms with E-state index in [9.17, 15) is 15.3 Å². The Labute approximate surface area is 215 Å². The van der Waals surface area contributed by atoms with Crippen LogP contribution in [0.25, 0.3) is 16.8 Å². The van der Waals surface area contributed by atoms with Crippen molar-refractivity contribution in [1.82, 2.24) is 0 Å². The molecule has 0 bridgehead atoms. The fraction of sp³-hybridized carbons (Fsp3) is 0.156. The lowest BCUT2D eigenvalue weighted by molar-refractivity contribution is 0.0951. The van der Waals surface area contributed by atoms with Gasteiger partial charge in [0.05, 0.1) is 25.3 Å². The Bertz CT molecular complexity index is 1610. The van der Waals surface area contributed by atoms with Crippen LogP contribution in [0.5, 0.6) is 5.75 Å². The van der Waals surface area contributed by atoms with Crippen LogP contribution in [0.15, 0.2) is 97.1 Å². The van der Waals surface area contributed by atoms with Crippen molar-refractivity contribution < 1.29 is 9.53 Å². The van der Waals surface area contributed by atoms with Crippen molar-refractivity contribution in [3.63, 3.8) is 0 Å². The molecule has 0 unspecified atom stereocenters. The number of fused-ring (bicyclic) bond motifs is 5. The molecule has 0 amide bonds. The van der Waals surface area contributed by atoms with Gasteiger partial charge in [-0.25, -0.2) is 0 Å². The van der Waals surface area contributed by atoms with Crippen molar-refractivity contribution in [3.8, 4) is 17.9 Å². The largest absolute Gasteiger partial charge is 0.497 e. The molecule has 1 fully saturated rings. The molecule has 0 spiro atoms. The van der Waals surface area contributed by atoms with Gasteiger partial charge in [-0.15, -0.1) is 0 Å². The van der Waals surface area contributed by atoms with Crippen LogP contribution >= 0.6 is 0 Å². The van der Waals surface area contributed by atoms with Gasteiger partial charge in [0.1, 0.15) is 11.8 Å². The predicted octanol–water partition coefficient (Wildman–Crippen LogP) is 6.13. The van der Waals surface area contributed by atoms with Crippen LogP contribution < -0.4 is 9.64 Å². The molecule has 5 nitrogen and oxygen atoms in total. The first-order valence-corrected chi connectivity index (χ1v) is 12.2. The van der Waals surface area contributed by atoms with Crippen LogP contribution in [0.2, 0.25) is 0 Å². The lowest BCUT2D eigenvalue weighted by Crippen LogP contribution is -2.44. The van der Waals surface area contributed by atoms with Crippen molar-refractivity contribution in [2.24, 2.45) is 5.41 Å². The maximum absolute atomic E-state index is 14.3. The number of hydrogen-bond donors (Lipinski definition) is 0. The van der Waals surface area contributed by atoms with Crippen LogP contribution in [0.4, 0.5) is 5.69 Å². The second kappa shape index (κ2) is 8.66. The molecule has 5 heteroatoms. The summed E-state index contributed by atoms with van der Waals surface area (Å²) in [6, 6.07) is 32.0. The van der Waals surface area contributed by atoms with Gasteiger partial charge in [0, 0.05) is 22.7 Å². The van der Waals surface area contributed by atoms with E-state index < -0.39 is 23.4 Å². The molecular formula is C32H23N3O2. The van der Waals surface area contributed by atoms with Gasteiger partial charge >= 0.3 is 0 Å². The van der Waals surface area contributed by atoms with Crippen LogP contribution in [-0.2, 0) is 0 Å².